The van der Waals surface area contributed by atoms with Crippen molar-refractivity contribution in [2.45, 2.75) is 257 Å². The second-order valence-electron chi connectivity index (χ2n) is 16.1. The normalized spacial score (nSPS) is 11.5. The minimum absolute atomic E-state index is 0.480. The molecule has 306 valence electrons. The number of unbranched alkanes of at least 4 members (excludes halogenated alkanes) is 36. The molecule has 0 aromatic heterocycles. The van der Waals surface area contributed by atoms with Gasteiger partial charge in [0.05, 0.1) is 6.61 Å². The van der Waals surface area contributed by atoms with Gasteiger partial charge in [-0.05, 0) is 58.3 Å². The molecule has 51 heavy (non-hydrogen) atoms. The lowest BCUT2D eigenvalue weighted by molar-refractivity contribution is 0.154. The average molecular weight is 722 g/mol. The third kappa shape index (κ3) is 49.2. The summed E-state index contributed by atoms with van der Waals surface area (Å²) in [5, 5.41) is 7.15. The molecule has 0 aliphatic carbocycles. The number of hydrogen-bond acceptors (Lipinski definition) is 4. The summed E-state index contributed by atoms with van der Waals surface area (Å²) in [6.45, 7) is 7.55. The minimum Gasteiger partial charge on any atom is -0.450 e. The number of nitrogens with two attached hydrogens (primary N) is 1. The lowest BCUT2D eigenvalue weighted by Crippen LogP contribution is -2.17. The van der Waals surface area contributed by atoms with Crippen molar-refractivity contribution in [2.24, 2.45) is 5.73 Å². The van der Waals surface area contributed by atoms with Crippen LogP contribution in [0, 0.1) is 0 Å². The molecule has 0 radical (unpaired) electrons. The number of carbonyl (C=O) groups excluding carboxylic acids is 1. The Bertz CT molecular complexity index is 632. The van der Waals surface area contributed by atoms with Gasteiger partial charge in [-0.15, -0.1) is 0 Å². The molecule has 0 atom stereocenters. The summed E-state index contributed by atoms with van der Waals surface area (Å²) in [6, 6.07) is 0. The zero-order valence-electron chi connectivity index (χ0n) is 35.0. The van der Waals surface area contributed by atoms with Gasteiger partial charge in [0.2, 0.25) is 0 Å². The van der Waals surface area contributed by atoms with E-state index in [1.807, 2.05) is 0 Å². The first-order chi connectivity index (χ1) is 25.3. The van der Waals surface area contributed by atoms with Gasteiger partial charge in [-0.3, -0.25) is 0 Å². The molecule has 5 nitrogen and oxygen atoms in total. The summed E-state index contributed by atoms with van der Waals surface area (Å²) in [6.07, 6.45) is 54.2. The molecule has 4 N–H and O–H groups in total. The monoisotopic (exact) mass is 722 g/mol. The standard InChI is InChI=1S/C46H95N3O2/c1-2-41-48-42-38-34-35-39-44-49-43-37-33-31-29-27-25-23-21-19-17-15-13-11-9-7-5-3-4-6-8-10-12-14-16-18-20-22-24-26-28-30-32-36-40-45-51-46(47)50/h48-49H,2-45H2,1H3,(H2,47,50). The second-order valence-corrected chi connectivity index (χ2v) is 16.1. The van der Waals surface area contributed by atoms with Gasteiger partial charge >= 0.3 is 6.09 Å². The highest BCUT2D eigenvalue weighted by atomic mass is 16.5. The fourth-order valence-corrected chi connectivity index (χ4v) is 7.46. The van der Waals surface area contributed by atoms with Crippen LogP contribution < -0.4 is 16.4 Å². The molecule has 0 unspecified atom stereocenters. The molecular weight excluding hydrogens is 627 g/mol. The molecule has 0 saturated heterocycles. The van der Waals surface area contributed by atoms with Gasteiger partial charge in [0.25, 0.3) is 0 Å². The highest BCUT2D eigenvalue weighted by Crippen LogP contribution is 2.17. The van der Waals surface area contributed by atoms with Gasteiger partial charge < -0.3 is 21.1 Å². The Balaban J connectivity index is 3.05. The minimum atomic E-state index is -0.647. The van der Waals surface area contributed by atoms with E-state index in [-0.39, 0.29) is 0 Å². The first-order valence-electron chi connectivity index (χ1n) is 23.6. The Morgan fingerprint density at radius 3 is 0.745 bits per heavy atom. The molecule has 0 heterocycles. The molecule has 0 aliphatic heterocycles. The molecule has 0 aromatic carbocycles. The van der Waals surface area contributed by atoms with Crippen molar-refractivity contribution in [3.8, 4) is 0 Å². The fourth-order valence-electron chi connectivity index (χ4n) is 7.46. The quantitative estimate of drug-likeness (QED) is 0.0547. The van der Waals surface area contributed by atoms with Crippen molar-refractivity contribution < 1.29 is 9.53 Å². The molecule has 0 rings (SSSR count). The fraction of sp³-hybridized carbons (Fsp3) is 0.978. The Labute approximate surface area is 321 Å². The lowest BCUT2D eigenvalue weighted by Gasteiger charge is -2.06. The first-order valence-corrected chi connectivity index (χ1v) is 23.6. The summed E-state index contributed by atoms with van der Waals surface area (Å²) in [5.74, 6) is 0. The van der Waals surface area contributed by atoms with Crippen LogP contribution in [0.25, 0.3) is 0 Å². The number of hydrogen-bond donors (Lipinski definition) is 3. The molecule has 1 amide bonds. The Hall–Kier alpha value is -0.810. The molecule has 0 aromatic rings. The molecule has 0 bridgehead atoms. The van der Waals surface area contributed by atoms with Crippen LogP contribution in [-0.4, -0.2) is 38.9 Å². The summed E-state index contributed by atoms with van der Waals surface area (Å²) < 4.78 is 4.76. The number of amides is 1. The second kappa shape index (κ2) is 47.2. The van der Waals surface area contributed by atoms with Gasteiger partial charge in [0.1, 0.15) is 0 Å². The maximum absolute atomic E-state index is 10.5. The maximum Gasteiger partial charge on any atom is 0.404 e. The summed E-state index contributed by atoms with van der Waals surface area (Å²) in [4.78, 5) is 10.5. The third-order valence-electron chi connectivity index (χ3n) is 10.9. The van der Waals surface area contributed by atoms with E-state index in [0.717, 1.165) is 12.8 Å². The predicted octanol–water partition coefficient (Wildman–Crippen LogP) is 14.5. The van der Waals surface area contributed by atoms with Crippen molar-refractivity contribution in [1.82, 2.24) is 10.6 Å². The van der Waals surface area contributed by atoms with E-state index in [0.29, 0.717) is 6.61 Å². The Kier molecular flexibility index (Phi) is 46.5. The van der Waals surface area contributed by atoms with Crippen LogP contribution in [0.3, 0.4) is 0 Å². The van der Waals surface area contributed by atoms with E-state index in [4.69, 9.17) is 10.5 Å². The molecule has 0 spiro atoms. The highest BCUT2D eigenvalue weighted by molar-refractivity contribution is 5.64. The largest absolute Gasteiger partial charge is 0.450 e. The van der Waals surface area contributed by atoms with Gasteiger partial charge in [-0.2, -0.15) is 0 Å². The van der Waals surface area contributed by atoms with Gasteiger partial charge in [-0.25, -0.2) is 4.79 Å². The van der Waals surface area contributed by atoms with E-state index in [2.05, 4.69) is 17.6 Å². The maximum atomic E-state index is 10.5. The van der Waals surface area contributed by atoms with Crippen LogP contribution in [-0.2, 0) is 4.74 Å². The Morgan fingerprint density at radius 2 is 0.529 bits per heavy atom. The average Bonchev–Trinajstić information content (AvgIpc) is 3.13. The molecule has 0 aliphatic rings. The van der Waals surface area contributed by atoms with Crippen molar-refractivity contribution >= 4 is 6.09 Å². The zero-order chi connectivity index (χ0) is 36.8. The Morgan fingerprint density at radius 1 is 0.333 bits per heavy atom. The van der Waals surface area contributed by atoms with Gasteiger partial charge in [0.15, 0.2) is 0 Å². The summed E-state index contributed by atoms with van der Waals surface area (Å²) in [5.41, 5.74) is 4.96. The number of rotatable bonds is 46. The molecule has 0 saturated carbocycles. The molecular formula is C46H95N3O2. The van der Waals surface area contributed by atoms with Crippen molar-refractivity contribution in [1.29, 1.82) is 0 Å². The van der Waals surface area contributed by atoms with Crippen LogP contribution in [0.5, 0.6) is 0 Å². The van der Waals surface area contributed by atoms with E-state index in [1.165, 1.54) is 264 Å². The topological polar surface area (TPSA) is 76.4 Å². The first kappa shape index (κ1) is 50.2. The predicted molar refractivity (Wildman–Crippen MR) is 227 cm³/mol. The highest BCUT2D eigenvalue weighted by Gasteiger charge is 1.99. The molecule has 0 fully saturated rings. The van der Waals surface area contributed by atoms with Crippen LogP contribution in [0.2, 0.25) is 0 Å². The van der Waals surface area contributed by atoms with E-state index in [1.54, 1.807) is 0 Å². The number of ether oxygens (including phenoxy) is 1. The molecule has 5 heteroatoms. The number of nitrogens with one attached hydrogen (secondary N) is 2. The van der Waals surface area contributed by atoms with Gasteiger partial charge in [0, 0.05) is 0 Å². The van der Waals surface area contributed by atoms with E-state index in [9.17, 15) is 4.79 Å². The van der Waals surface area contributed by atoms with Crippen LogP contribution >= 0.6 is 0 Å². The number of primary amides is 1. The van der Waals surface area contributed by atoms with Crippen molar-refractivity contribution in [3.63, 3.8) is 0 Å². The van der Waals surface area contributed by atoms with Crippen LogP contribution in [0.4, 0.5) is 4.79 Å². The summed E-state index contributed by atoms with van der Waals surface area (Å²) in [7, 11) is 0. The number of carbonyl (C=O) groups is 1. The van der Waals surface area contributed by atoms with E-state index < -0.39 is 6.09 Å². The van der Waals surface area contributed by atoms with Crippen LogP contribution in [0.1, 0.15) is 257 Å². The third-order valence-corrected chi connectivity index (χ3v) is 10.9. The van der Waals surface area contributed by atoms with Crippen LogP contribution in [0.15, 0.2) is 0 Å². The smallest absolute Gasteiger partial charge is 0.404 e. The lowest BCUT2D eigenvalue weighted by atomic mass is 10.0. The van der Waals surface area contributed by atoms with Crippen molar-refractivity contribution in [3.05, 3.63) is 0 Å². The van der Waals surface area contributed by atoms with Gasteiger partial charge in [-0.1, -0.05) is 225 Å². The SMILES string of the molecule is CCCNCCCCCCNCCCCCCCCCCCCCCCCCCCCCCCCCCCCCCCCCCCCOC(N)=O. The summed E-state index contributed by atoms with van der Waals surface area (Å²) >= 11 is 0. The zero-order valence-corrected chi connectivity index (χ0v) is 35.0. The van der Waals surface area contributed by atoms with Crippen molar-refractivity contribution in [2.75, 3.05) is 32.8 Å². The van der Waals surface area contributed by atoms with E-state index >= 15 is 0 Å².